The van der Waals surface area contributed by atoms with Crippen molar-refractivity contribution in [2.24, 2.45) is 22.4 Å². The van der Waals surface area contributed by atoms with E-state index in [1.807, 2.05) is 13.0 Å². The number of nitrogens with zero attached hydrogens (tertiary/aromatic N) is 2. The predicted octanol–water partition coefficient (Wildman–Crippen LogP) is 2.94. The number of benzene rings is 1. The molecular formula is C19H29Cl2N5O. The van der Waals surface area contributed by atoms with Crippen LogP contribution >= 0.6 is 23.2 Å². The smallest absolute Gasteiger partial charge is 0.220 e. The molecule has 1 aromatic carbocycles. The molecule has 5 N–H and O–H groups in total. The van der Waals surface area contributed by atoms with Crippen LogP contribution in [0.4, 0.5) is 0 Å². The zero-order chi connectivity index (χ0) is 19.8. The van der Waals surface area contributed by atoms with E-state index in [-0.39, 0.29) is 17.9 Å². The van der Waals surface area contributed by atoms with Crippen molar-refractivity contribution in [2.45, 2.75) is 38.6 Å². The van der Waals surface area contributed by atoms with Crippen molar-refractivity contribution in [3.05, 3.63) is 33.8 Å². The quantitative estimate of drug-likeness (QED) is 0.346. The number of halogens is 2. The Balaban J connectivity index is 1.65. The summed E-state index contributed by atoms with van der Waals surface area (Å²) in [4.78, 5) is 18.0. The molecule has 0 spiro atoms. The molecule has 1 amide bonds. The van der Waals surface area contributed by atoms with E-state index in [1.54, 1.807) is 12.1 Å². The van der Waals surface area contributed by atoms with Crippen LogP contribution in [0.1, 0.15) is 44.2 Å². The zero-order valence-corrected chi connectivity index (χ0v) is 17.3. The van der Waals surface area contributed by atoms with Crippen LogP contribution in [0.2, 0.25) is 10.0 Å². The number of nitrogens with one attached hydrogen (secondary N) is 1. The predicted molar refractivity (Wildman–Crippen MR) is 112 cm³/mol. The number of likely N-dealkylation sites (tertiary alicyclic amines) is 1. The second-order valence-corrected chi connectivity index (χ2v) is 7.87. The maximum absolute atomic E-state index is 11.2. The molecule has 0 aromatic heterocycles. The second-order valence-electron chi connectivity index (χ2n) is 7.02. The molecule has 1 heterocycles. The summed E-state index contributed by atoms with van der Waals surface area (Å²) in [6.07, 6.45) is 3.76. The van der Waals surface area contributed by atoms with Gasteiger partial charge in [0.1, 0.15) is 0 Å². The van der Waals surface area contributed by atoms with Gasteiger partial charge >= 0.3 is 0 Å². The molecule has 150 valence electrons. The van der Waals surface area contributed by atoms with Gasteiger partial charge in [0.25, 0.3) is 0 Å². The lowest BCUT2D eigenvalue weighted by atomic mass is 9.96. The summed E-state index contributed by atoms with van der Waals surface area (Å²) < 4.78 is 0. The molecule has 0 radical (unpaired) electrons. The van der Waals surface area contributed by atoms with E-state index in [0.717, 1.165) is 50.9 Å². The Kier molecular flexibility index (Phi) is 8.67. The fourth-order valence-corrected chi connectivity index (χ4v) is 3.86. The maximum atomic E-state index is 11.2. The topological polar surface area (TPSA) is 96.7 Å². The van der Waals surface area contributed by atoms with E-state index in [1.165, 1.54) is 0 Å². The summed E-state index contributed by atoms with van der Waals surface area (Å²) in [6.45, 7) is 5.57. The van der Waals surface area contributed by atoms with Crippen LogP contribution in [-0.4, -0.2) is 42.9 Å². The van der Waals surface area contributed by atoms with Gasteiger partial charge in [-0.25, -0.2) is 0 Å². The third-order valence-electron chi connectivity index (χ3n) is 4.95. The molecule has 0 aliphatic carbocycles. The van der Waals surface area contributed by atoms with Crippen molar-refractivity contribution < 1.29 is 4.79 Å². The largest absolute Gasteiger partial charge is 0.370 e. The van der Waals surface area contributed by atoms with Gasteiger partial charge in [0.2, 0.25) is 5.91 Å². The number of guanidine groups is 1. The lowest BCUT2D eigenvalue weighted by Gasteiger charge is -2.30. The molecule has 1 unspecified atom stereocenters. The van der Waals surface area contributed by atoms with E-state index < -0.39 is 0 Å². The molecular weight excluding hydrogens is 385 g/mol. The Morgan fingerprint density at radius 2 is 2.00 bits per heavy atom. The number of hydrogen-bond acceptors (Lipinski definition) is 3. The van der Waals surface area contributed by atoms with Crippen LogP contribution < -0.4 is 16.8 Å². The summed E-state index contributed by atoms with van der Waals surface area (Å²) in [5.74, 6) is 0.296. The van der Waals surface area contributed by atoms with Gasteiger partial charge in [-0.3, -0.25) is 9.79 Å². The molecule has 1 aliphatic heterocycles. The average molecular weight is 414 g/mol. The fraction of sp³-hybridized carbons (Fsp3) is 0.579. The SMILES string of the molecule is CC(NC(N)=NCCCCN1CCC(C(N)=O)CC1)c1ccc(Cl)cc1Cl. The van der Waals surface area contributed by atoms with Crippen LogP contribution in [0.3, 0.4) is 0 Å². The number of aliphatic imine (C=N–C) groups is 1. The zero-order valence-electron chi connectivity index (χ0n) is 15.8. The van der Waals surface area contributed by atoms with Gasteiger partial charge in [0.15, 0.2) is 5.96 Å². The number of amides is 1. The summed E-state index contributed by atoms with van der Waals surface area (Å²) in [5, 5.41) is 4.37. The molecule has 8 heteroatoms. The number of rotatable bonds is 8. The van der Waals surface area contributed by atoms with E-state index in [2.05, 4.69) is 15.2 Å². The monoisotopic (exact) mass is 413 g/mol. The second kappa shape index (κ2) is 10.7. The lowest BCUT2D eigenvalue weighted by Crippen LogP contribution is -2.38. The first-order chi connectivity index (χ1) is 12.9. The Morgan fingerprint density at radius 3 is 2.63 bits per heavy atom. The third kappa shape index (κ3) is 7.20. The Hall–Kier alpha value is -1.50. The van der Waals surface area contributed by atoms with Gasteiger partial charge in [-0.15, -0.1) is 0 Å². The molecule has 0 saturated carbocycles. The van der Waals surface area contributed by atoms with Crippen molar-refractivity contribution in [1.82, 2.24) is 10.2 Å². The first-order valence-corrected chi connectivity index (χ1v) is 10.2. The Bertz CT molecular complexity index is 660. The van der Waals surface area contributed by atoms with E-state index in [9.17, 15) is 4.79 Å². The highest BCUT2D eigenvalue weighted by molar-refractivity contribution is 6.35. The van der Waals surface area contributed by atoms with Crippen molar-refractivity contribution in [3.8, 4) is 0 Å². The molecule has 6 nitrogen and oxygen atoms in total. The molecule has 1 fully saturated rings. The number of carbonyl (C=O) groups is 1. The summed E-state index contributed by atoms with van der Waals surface area (Å²) >= 11 is 12.1. The van der Waals surface area contributed by atoms with E-state index in [4.69, 9.17) is 34.7 Å². The van der Waals surface area contributed by atoms with Crippen LogP contribution in [0.25, 0.3) is 0 Å². The molecule has 1 aliphatic rings. The summed E-state index contributed by atoms with van der Waals surface area (Å²) in [5.41, 5.74) is 12.3. The maximum Gasteiger partial charge on any atom is 0.220 e. The Morgan fingerprint density at radius 1 is 1.30 bits per heavy atom. The van der Waals surface area contributed by atoms with E-state index in [0.29, 0.717) is 22.5 Å². The molecule has 2 rings (SSSR count). The first kappa shape index (κ1) is 21.8. The van der Waals surface area contributed by atoms with Crippen molar-refractivity contribution in [3.63, 3.8) is 0 Å². The van der Waals surface area contributed by atoms with Crippen LogP contribution in [0.15, 0.2) is 23.2 Å². The number of nitrogens with two attached hydrogens (primary N) is 2. The lowest BCUT2D eigenvalue weighted by molar-refractivity contribution is -0.123. The summed E-state index contributed by atoms with van der Waals surface area (Å²) in [6, 6.07) is 5.36. The fourth-order valence-electron chi connectivity index (χ4n) is 3.29. The minimum Gasteiger partial charge on any atom is -0.370 e. The van der Waals surface area contributed by atoms with Crippen molar-refractivity contribution in [2.75, 3.05) is 26.2 Å². The normalized spacial score (nSPS) is 17.7. The highest BCUT2D eigenvalue weighted by atomic mass is 35.5. The molecule has 1 saturated heterocycles. The molecule has 1 aromatic rings. The van der Waals surface area contributed by atoms with Crippen molar-refractivity contribution >= 4 is 35.1 Å². The summed E-state index contributed by atoms with van der Waals surface area (Å²) in [7, 11) is 0. The van der Waals surface area contributed by atoms with Gasteiger partial charge in [-0.05, 0) is 69.9 Å². The molecule has 0 bridgehead atoms. The standard InChI is InChI=1S/C19H29Cl2N5O/c1-13(16-5-4-15(20)12-17(16)21)25-19(23)24-8-2-3-9-26-10-6-14(7-11-26)18(22)27/h4-5,12-14H,2-3,6-11H2,1H3,(H2,22,27)(H3,23,24,25). The number of piperidine rings is 1. The highest BCUT2D eigenvalue weighted by Crippen LogP contribution is 2.25. The Labute approximate surface area is 171 Å². The van der Waals surface area contributed by atoms with Crippen LogP contribution in [0.5, 0.6) is 0 Å². The van der Waals surface area contributed by atoms with Crippen LogP contribution in [0, 0.1) is 5.92 Å². The minimum absolute atomic E-state index is 0.0489. The highest BCUT2D eigenvalue weighted by Gasteiger charge is 2.22. The van der Waals surface area contributed by atoms with Gasteiger partial charge < -0.3 is 21.7 Å². The van der Waals surface area contributed by atoms with Gasteiger partial charge in [-0.2, -0.15) is 0 Å². The number of carbonyl (C=O) groups excluding carboxylic acids is 1. The van der Waals surface area contributed by atoms with Crippen LogP contribution in [-0.2, 0) is 4.79 Å². The van der Waals surface area contributed by atoms with Crippen molar-refractivity contribution in [1.29, 1.82) is 0 Å². The molecule has 1 atom stereocenters. The first-order valence-electron chi connectivity index (χ1n) is 9.40. The molecule has 27 heavy (non-hydrogen) atoms. The third-order valence-corrected chi connectivity index (χ3v) is 5.51. The van der Waals surface area contributed by atoms with Gasteiger partial charge in [-0.1, -0.05) is 29.3 Å². The minimum atomic E-state index is -0.166. The van der Waals surface area contributed by atoms with Gasteiger partial charge in [0, 0.05) is 22.5 Å². The number of hydrogen-bond donors (Lipinski definition) is 3. The number of primary amides is 1. The van der Waals surface area contributed by atoms with Gasteiger partial charge in [0.05, 0.1) is 6.04 Å². The van der Waals surface area contributed by atoms with E-state index >= 15 is 0 Å². The average Bonchev–Trinajstić information content (AvgIpc) is 2.61. The number of unbranched alkanes of at least 4 members (excludes halogenated alkanes) is 1.